The molecule has 0 aliphatic carbocycles. The first-order valence-corrected chi connectivity index (χ1v) is 7.33. The van der Waals surface area contributed by atoms with Gasteiger partial charge in [-0.1, -0.05) is 6.42 Å². The van der Waals surface area contributed by atoms with E-state index < -0.39 is 5.60 Å². The Balaban J connectivity index is 1.61. The summed E-state index contributed by atoms with van der Waals surface area (Å²) < 4.78 is 0. The zero-order valence-corrected chi connectivity index (χ0v) is 11.3. The molecule has 3 heteroatoms. The van der Waals surface area contributed by atoms with Gasteiger partial charge in [0.15, 0.2) is 0 Å². The second kappa shape index (κ2) is 6.17. The van der Waals surface area contributed by atoms with Crippen molar-refractivity contribution >= 4 is 0 Å². The van der Waals surface area contributed by atoms with Crippen LogP contribution in [0.15, 0.2) is 0 Å². The summed E-state index contributed by atoms with van der Waals surface area (Å²) in [7, 11) is 0. The molecule has 1 unspecified atom stereocenters. The Labute approximate surface area is 106 Å². The number of likely N-dealkylation sites (tertiary alicyclic amines) is 2. The summed E-state index contributed by atoms with van der Waals surface area (Å²) in [5.41, 5.74) is -0.441. The zero-order valence-electron chi connectivity index (χ0n) is 11.3. The Morgan fingerprint density at radius 1 is 0.941 bits per heavy atom. The van der Waals surface area contributed by atoms with Crippen LogP contribution in [0.2, 0.25) is 0 Å². The van der Waals surface area contributed by atoms with E-state index in [-0.39, 0.29) is 0 Å². The zero-order chi connectivity index (χ0) is 12.1. The molecule has 2 rings (SSSR count). The number of nitrogens with zero attached hydrogens (tertiary/aromatic N) is 2. The third-order valence-corrected chi connectivity index (χ3v) is 4.15. The molecule has 0 aromatic heterocycles. The molecule has 2 saturated heterocycles. The van der Waals surface area contributed by atoms with Crippen LogP contribution in [-0.2, 0) is 0 Å². The molecule has 3 nitrogen and oxygen atoms in total. The van der Waals surface area contributed by atoms with Gasteiger partial charge >= 0.3 is 0 Å². The Morgan fingerprint density at radius 2 is 1.59 bits per heavy atom. The number of β-amino-alcohol motifs (C(OH)–C–C–N with tert-alkyl or cyclic N) is 1. The van der Waals surface area contributed by atoms with Gasteiger partial charge in [-0.2, -0.15) is 0 Å². The van der Waals surface area contributed by atoms with Crippen LogP contribution in [0.3, 0.4) is 0 Å². The van der Waals surface area contributed by atoms with E-state index in [1.165, 1.54) is 51.9 Å². The Kier molecular flexibility index (Phi) is 4.83. The first-order chi connectivity index (χ1) is 8.16. The SMILES string of the molecule is CC1(O)CCCN(CCCN2CCCCC2)C1. The quantitative estimate of drug-likeness (QED) is 0.810. The van der Waals surface area contributed by atoms with Crippen molar-refractivity contribution in [3.63, 3.8) is 0 Å². The highest BCUT2D eigenvalue weighted by Crippen LogP contribution is 2.20. The van der Waals surface area contributed by atoms with Crippen molar-refractivity contribution in [2.24, 2.45) is 0 Å². The van der Waals surface area contributed by atoms with E-state index in [4.69, 9.17) is 0 Å². The molecule has 2 fully saturated rings. The van der Waals surface area contributed by atoms with Crippen molar-refractivity contribution in [2.45, 2.75) is 51.0 Å². The van der Waals surface area contributed by atoms with Gasteiger partial charge in [-0.15, -0.1) is 0 Å². The van der Waals surface area contributed by atoms with Crippen LogP contribution in [0.4, 0.5) is 0 Å². The summed E-state index contributed by atoms with van der Waals surface area (Å²) in [6.45, 7) is 9.04. The van der Waals surface area contributed by atoms with Crippen LogP contribution in [-0.4, -0.2) is 59.8 Å². The van der Waals surface area contributed by atoms with E-state index in [0.29, 0.717) is 0 Å². The average molecular weight is 240 g/mol. The van der Waals surface area contributed by atoms with Crippen molar-refractivity contribution in [3.05, 3.63) is 0 Å². The lowest BCUT2D eigenvalue weighted by atomic mass is 9.95. The van der Waals surface area contributed by atoms with Gasteiger partial charge in [-0.3, -0.25) is 0 Å². The van der Waals surface area contributed by atoms with Crippen molar-refractivity contribution < 1.29 is 5.11 Å². The molecule has 0 saturated carbocycles. The van der Waals surface area contributed by atoms with E-state index in [9.17, 15) is 5.11 Å². The normalized spacial score (nSPS) is 32.8. The van der Waals surface area contributed by atoms with Gasteiger partial charge in [0.2, 0.25) is 0 Å². The number of hydrogen-bond acceptors (Lipinski definition) is 3. The highest BCUT2D eigenvalue weighted by molar-refractivity contribution is 4.82. The molecule has 2 heterocycles. The van der Waals surface area contributed by atoms with E-state index in [1.54, 1.807) is 0 Å². The van der Waals surface area contributed by atoms with Crippen LogP contribution >= 0.6 is 0 Å². The van der Waals surface area contributed by atoms with Crippen molar-refractivity contribution in [1.82, 2.24) is 9.80 Å². The molecule has 0 amide bonds. The molecule has 0 aromatic rings. The van der Waals surface area contributed by atoms with Crippen LogP contribution in [0.5, 0.6) is 0 Å². The predicted octanol–water partition coefficient (Wildman–Crippen LogP) is 1.71. The molecular formula is C14H28N2O. The van der Waals surface area contributed by atoms with E-state index in [1.807, 2.05) is 6.92 Å². The Hall–Kier alpha value is -0.120. The smallest absolute Gasteiger partial charge is 0.0746 e. The van der Waals surface area contributed by atoms with Gasteiger partial charge in [0.05, 0.1) is 5.60 Å². The van der Waals surface area contributed by atoms with Crippen LogP contribution in [0, 0.1) is 0 Å². The molecular weight excluding hydrogens is 212 g/mol. The molecule has 100 valence electrons. The molecule has 2 aliphatic heterocycles. The molecule has 1 N–H and O–H groups in total. The van der Waals surface area contributed by atoms with Gasteiger partial charge in [0.25, 0.3) is 0 Å². The molecule has 2 aliphatic rings. The maximum Gasteiger partial charge on any atom is 0.0746 e. The topological polar surface area (TPSA) is 26.7 Å². The third-order valence-electron chi connectivity index (χ3n) is 4.15. The standard InChI is InChI=1S/C14H28N2O/c1-14(17)7-5-10-16(13-14)12-6-11-15-8-3-2-4-9-15/h17H,2-13H2,1H3. The summed E-state index contributed by atoms with van der Waals surface area (Å²) in [6, 6.07) is 0. The molecule has 0 radical (unpaired) electrons. The fourth-order valence-corrected chi connectivity index (χ4v) is 3.22. The van der Waals surface area contributed by atoms with Crippen molar-refractivity contribution in [3.8, 4) is 0 Å². The highest BCUT2D eigenvalue weighted by Gasteiger charge is 2.27. The number of piperidine rings is 2. The van der Waals surface area contributed by atoms with Gasteiger partial charge in [-0.25, -0.2) is 0 Å². The largest absolute Gasteiger partial charge is 0.389 e. The summed E-state index contributed by atoms with van der Waals surface area (Å²) >= 11 is 0. The minimum absolute atomic E-state index is 0.441. The molecule has 1 atom stereocenters. The van der Waals surface area contributed by atoms with Gasteiger partial charge in [-0.05, 0) is 71.8 Å². The maximum absolute atomic E-state index is 10.0. The first kappa shape index (κ1) is 13.3. The maximum atomic E-state index is 10.0. The number of aliphatic hydroxyl groups is 1. The summed E-state index contributed by atoms with van der Waals surface area (Å²) in [5.74, 6) is 0. The summed E-state index contributed by atoms with van der Waals surface area (Å²) in [5, 5.41) is 10.0. The second-order valence-electron chi connectivity index (χ2n) is 6.13. The van der Waals surface area contributed by atoms with Crippen molar-refractivity contribution in [1.29, 1.82) is 0 Å². The minimum Gasteiger partial charge on any atom is -0.389 e. The second-order valence-corrected chi connectivity index (χ2v) is 6.13. The number of rotatable bonds is 4. The van der Waals surface area contributed by atoms with Gasteiger partial charge in [0, 0.05) is 6.54 Å². The Bertz CT molecular complexity index is 224. The Morgan fingerprint density at radius 3 is 2.29 bits per heavy atom. The lowest BCUT2D eigenvalue weighted by Gasteiger charge is -2.37. The molecule has 0 bridgehead atoms. The van der Waals surface area contributed by atoms with Crippen LogP contribution in [0.1, 0.15) is 45.4 Å². The predicted molar refractivity (Wildman–Crippen MR) is 71.2 cm³/mol. The molecule has 0 aromatic carbocycles. The molecule has 0 spiro atoms. The third kappa shape index (κ3) is 4.57. The van der Waals surface area contributed by atoms with Crippen LogP contribution in [0.25, 0.3) is 0 Å². The van der Waals surface area contributed by atoms with E-state index in [0.717, 1.165) is 25.9 Å². The minimum atomic E-state index is -0.441. The fraction of sp³-hybridized carbons (Fsp3) is 1.00. The fourth-order valence-electron chi connectivity index (χ4n) is 3.22. The molecule has 17 heavy (non-hydrogen) atoms. The van der Waals surface area contributed by atoms with E-state index >= 15 is 0 Å². The van der Waals surface area contributed by atoms with Crippen molar-refractivity contribution in [2.75, 3.05) is 39.3 Å². The van der Waals surface area contributed by atoms with Gasteiger partial charge < -0.3 is 14.9 Å². The lowest BCUT2D eigenvalue weighted by Crippen LogP contribution is -2.46. The summed E-state index contributed by atoms with van der Waals surface area (Å²) in [4.78, 5) is 5.04. The lowest BCUT2D eigenvalue weighted by molar-refractivity contribution is -0.0163. The highest BCUT2D eigenvalue weighted by atomic mass is 16.3. The van der Waals surface area contributed by atoms with Crippen LogP contribution < -0.4 is 0 Å². The first-order valence-electron chi connectivity index (χ1n) is 7.33. The summed E-state index contributed by atoms with van der Waals surface area (Å²) in [6.07, 6.45) is 7.57. The van der Waals surface area contributed by atoms with Gasteiger partial charge in [0.1, 0.15) is 0 Å². The number of hydrogen-bond donors (Lipinski definition) is 1. The average Bonchev–Trinajstić information content (AvgIpc) is 2.29. The van der Waals surface area contributed by atoms with E-state index in [2.05, 4.69) is 9.80 Å². The monoisotopic (exact) mass is 240 g/mol.